The summed E-state index contributed by atoms with van der Waals surface area (Å²) in [6.07, 6.45) is 0. The molecule has 1 atom stereocenters. The van der Waals surface area contributed by atoms with E-state index in [1.54, 1.807) is 30.2 Å². The van der Waals surface area contributed by atoms with Crippen LogP contribution in [0.5, 0.6) is 5.75 Å². The van der Waals surface area contributed by atoms with Crippen molar-refractivity contribution in [2.24, 2.45) is 0 Å². The van der Waals surface area contributed by atoms with Gasteiger partial charge in [-0.15, -0.1) is 0 Å². The molecule has 1 amide bonds. The second-order valence-electron chi connectivity index (χ2n) is 8.94. The average molecular weight is 436 g/mol. The molecule has 31 heavy (non-hydrogen) atoms. The van der Waals surface area contributed by atoms with Crippen LogP contribution in [0.4, 0.5) is 5.69 Å². The van der Waals surface area contributed by atoms with Gasteiger partial charge in [0.1, 0.15) is 5.75 Å². The number of hydrogen-bond donors (Lipinski definition) is 1. The van der Waals surface area contributed by atoms with E-state index in [1.807, 2.05) is 48.5 Å². The first-order valence-corrected chi connectivity index (χ1v) is 10.6. The van der Waals surface area contributed by atoms with Crippen LogP contribution in [-0.4, -0.2) is 18.1 Å². The van der Waals surface area contributed by atoms with E-state index in [0.717, 1.165) is 16.9 Å². The number of hydrogen-bond acceptors (Lipinski definition) is 3. The highest BCUT2D eigenvalue weighted by molar-refractivity contribution is 6.31. The minimum atomic E-state index is -1.79. The minimum Gasteiger partial charge on any atom is -0.497 e. The molecular formula is C26H26ClNO3. The lowest BCUT2D eigenvalue weighted by molar-refractivity contribution is -0.132. The molecular weight excluding hydrogens is 410 g/mol. The number of halogens is 1. The third-order valence-corrected chi connectivity index (χ3v) is 6.10. The van der Waals surface area contributed by atoms with E-state index in [9.17, 15) is 9.90 Å². The SMILES string of the molecule is COc1ccc(CN2C(=O)[C@@](O)(c3ccc(C(C)(C)C)cc3)c3cc(Cl)ccc32)cc1. The third kappa shape index (κ3) is 3.71. The van der Waals surface area contributed by atoms with E-state index in [4.69, 9.17) is 16.3 Å². The lowest BCUT2D eigenvalue weighted by Crippen LogP contribution is -2.41. The monoisotopic (exact) mass is 435 g/mol. The summed E-state index contributed by atoms with van der Waals surface area (Å²) in [6.45, 7) is 6.72. The molecule has 0 saturated heterocycles. The lowest BCUT2D eigenvalue weighted by Gasteiger charge is -2.25. The van der Waals surface area contributed by atoms with Gasteiger partial charge in [0, 0.05) is 10.6 Å². The van der Waals surface area contributed by atoms with Crippen molar-refractivity contribution in [1.29, 1.82) is 0 Å². The van der Waals surface area contributed by atoms with Gasteiger partial charge in [-0.2, -0.15) is 0 Å². The number of ether oxygens (including phenoxy) is 1. The Bertz CT molecular complexity index is 1120. The van der Waals surface area contributed by atoms with Crippen molar-refractivity contribution in [1.82, 2.24) is 0 Å². The molecule has 0 radical (unpaired) electrons. The number of nitrogens with zero attached hydrogens (tertiary/aromatic N) is 1. The molecule has 1 aliphatic heterocycles. The summed E-state index contributed by atoms with van der Waals surface area (Å²) in [5.74, 6) is 0.364. The van der Waals surface area contributed by atoms with E-state index >= 15 is 0 Å². The van der Waals surface area contributed by atoms with Crippen LogP contribution in [0.15, 0.2) is 66.7 Å². The van der Waals surface area contributed by atoms with Crippen molar-refractivity contribution >= 4 is 23.2 Å². The molecule has 3 aromatic rings. The second kappa shape index (κ2) is 7.70. The smallest absolute Gasteiger partial charge is 0.268 e. The van der Waals surface area contributed by atoms with Crippen LogP contribution in [0.1, 0.15) is 43.0 Å². The standard InChI is InChI=1S/C26H26ClNO3/c1-25(2,3)18-7-9-19(10-8-18)26(30)22-15-20(27)11-14-23(22)28(24(26)29)16-17-5-12-21(31-4)13-6-17/h5-15,30H,16H2,1-4H3/t26-/m1/s1. The predicted molar refractivity (Wildman–Crippen MR) is 124 cm³/mol. The highest BCUT2D eigenvalue weighted by Crippen LogP contribution is 2.46. The van der Waals surface area contributed by atoms with Gasteiger partial charge in [-0.3, -0.25) is 4.79 Å². The van der Waals surface area contributed by atoms with E-state index in [0.29, 0.717) is 28.4 Å². The molecule has 4 rings (SSSR count). The first-order chi connectivity index (χ1) is 14.6. The Morgan fingerprint density at radius 2 is 1.65 bits per heavy atom. The molecule has 5 heteroatoms. The second-order valence-corrected chi connectivity index (χ2v) is 9.38. The van der Waals surface area contributed by atoms with Crippen LogP contribution in [0.2, 0.25) is 5.02 Å². The molecule has 160 valence electrons. The Morgan fingerprint density at radius 1 is 1.00 bits per heavy atom. The van der Waals surface area contributed by atoms with Crippen molar-refractivity contribution in [3.63, 3.8) is 0 Å². The normalized spacial score (nSPS) is 18.3. The van der Waals surface area contributed by atoms with Gasteiger partial charge in [0.05, 0.1) is 19.3 Å². The Labute approximate surface area is 188 Å². The van der Waals surface area contributed by atoms with Crippen LogP contribution in [0.3, 0.4) is 0 Å². The minimum absolute atomic E-state index is 0.0253. The van der Waals surface area contributed by atoms with Crippen molar-refractivity contribution in [2.75, 3.05) is 12.0 Å². The van der Waals surface area contributed by atoms with Crippen LogP contribution in [0, 0.1) is 0 Å². The van der Waals surface area contributed by atoms with Gasteiger partial charge in [0.25, 0.3) is 5.91 Å². The van der Waals surface area contributed by atoms with Crippen molar-refractivity contribution in [3.8, 4) is 5.75 Å². The maximum Gasteiger partial charge on any atom is 0.268 e. The maximum atomic E-state index is 13.6. The van der Waals surface area contributed by atoms with Gasteiger partial charge in [-0.25, -0.2) is 0 Å². The van der Waals surface area contributed by atoms with E-state index in [1.165, 1.54) is 0 Å². The Kier molecular flexibility index (Phi) is 5.32. The van der Waals surface area contributed by atoms with E-state index in [2.05, 4.69) is 20.8 Å². The number of carbonyl (C=O) groups excluding carboxylic acids is 1. The summed E-state index contributed by atoms with van der Waals surface area (Å²) in [4.78, 5) is 15.2. The molecule has 1 heterocycles. The molecule has 0 unspecified atom stereocenters. The van der Waals surface area contributed by atoms with Gasteiger partial charge >= 0.3 is 0 Å². The first kappa shape index (κ1) is 21.4. The fourth-order valence-electron chi connectivity index (χ4n) is 4.01. The fraction of sp³-hybridized carbons (Fsp3) is 0.269. The largest absolute Gasteiger partial charge is 0.497 e. The molecule has 4 nitrogen and oxygen atoms in total. The number of benzene rings is 3. The zero-order chi connectivity index (χ0) is 22.4. The molecule has 0 spiro atoms. The quantitative estimate of drug-likeness (QED) is 0.594. The Morgan fingerprint density at radius 3 is 2.23 bits per heavy atom. The Balaban J connectivity index is 1.77. The van der Waals surface area contributed by atoms with Crippen molar-refractivity contribution < 1.29 is 14.6 Å². The summed E-state index contributed by atoms with van der Waals surface area (Å²) >= 11 is 6.26. The van der Waals surface area contributed by atoms with Gasteiger partial charge < -0.3 is 14.7 Å². The topological polar surface area (TPSA) is 49.8 Å². The number of anilines is 1. The maximum absolute atomic E-state index is 13.6. The molecule has 0 bridgehead atoms. The van der Waals surface area contributed by atoms with Crippen LogP contribution in [0.25, 0.3) is 0 Å². The molecule has 0 saturated carbocycles. The zero-order valence-corrected chi connectivity index (χ0v) is 18.9. The number of amides is 1. The number of aliphatic hydroxyl groups is 1. The molecule has 1 aliphatic rings. The third-order valence-electron chi connectivity index (χ3n) is 5.86. The van der Waals surface area contributed by atoms with Gasteiger partial charge in [0.15, 0.2) is 5.60 Å². The lowest BCUT2D eigenvalue weighted by atomic mass is 9.83. The van der Waals surface area contributed by atoms with E-state index in [-0.39, 0.29) is 11.3 Å². The zero-order valence-electron chi connectivity index (χ0n) is 18.1. The summed E-state index contributed by atoms with van der Waals surface area (Å²) < 4.78 is 5.22. The molecule has 0 fully saturated rings. The Hall–Kier alpha value is -2.82. The molecule has 1 N–H and O–H groups in total. The van der Waals surface area contributed by atoms with E-state index < -0.39 is 5.60 Å². The van der Waals surface area contributed by atoms with Crippen LogP contribution >= 0.6 is 11.6 Å². The highest BCUT2D eigenvalue weighted by Gasteiger charge is 2.51. The highest BCUT2D eigenvalue weighted by atomic mass is 35.5. The molecule has 3 aromatic carbocycles. The summed E-state index contributed by atoms with van der Waals surface area (Å²) in [7, 11) is 1.62. The summed E-state index contributed by atoms with van der Waals surface area (Å²) in [5.41, 5.74) is 1.95. The molecule has 0 aromatic heterocycles. The number of methoxy groups -OCH3 is 1. The van der Waals surface area contributed by atoms with Gasteiger partial charge in [-0.05, 0) is 52.4 Å². The summed E-state index contributed by atoms with van der Waals surface area (Å²) in [5, 5.41) is 12.2. The number of fused-ring (bicyclic) bond motifs is 1. The first-order valence-electron chi connectivity index (χ1n) is 10.2. The van der Waals surface area contributed by atoms with Crippen LogP contribution in [-0.2, 0) is 22.4 Å². The van der Waals surface area contributed by atoms with Gasteiger partial charge in [0.2, 0.25) is 0 Å². The average Bonchev–Trinajstić information content (AvgIpc) is 2.96. The van der Waals surface area contributed by atoms with Gasteiger partial charge in [-0.1, -0.05) is 68.8 Å². The fourth-order valence-corrected chi connectivity index (χ4v) is 4.19. The molecule has 0 aliphatic carbocycles. The number of rotatable bonds is 4. The van der Waals surface area contributed by atoms with Crippen molar-refractivity contribution in [3.05, 3.63) is 94.0 Å². The number of carbonyl (C=O) groups is 1. The van der Waals surface area contributed by atoms with Crippen molar-refractivity contribution in [2.45, 2.75) is 38.3 Å². The summed E-state index contributed by atoms with van der Waals surface area (Å²) in [6, 6.07) is 20.4. The predicted octanol–water partition coefficient (Wildman–Crippen LogP) is 5.43. The van der Waals surface area contributed by atoms with Crippen LogP contribution < -0.4 is 9.64 Å².